The van der Waals surface area contributed by atoms with Gasteiger partial charge in [0.15, 0.2) is 5.82 Å². The number of nitrogens with zero attached hydrogens (tertiary/aromatic N) is 2. The van der Waals surface area contributed by atoms with Gasteiger partial charge in [-0.1, -0.05) is 5.16 Å². The quantitative estimate of drug-likeness (QED) is 0.597. The van der Waals surface area contributed by atoms with Crippen molar-refractivity contribution in [2.45, 2.75) is 6.42 Å². The Kier molecular flexibility index (Phi) is 2.74. The smallest absolute Gasteiger partial charge is 0.274 e. The Labute approximate surface area is 69.1 Å². The largest absolute Gasteiger partial charge is 0.343 e. The minimum atomic E-state index is -3.61. The molecule has 0 saturated heterocycles. The monoisotopic (exact) mass is 192 g/mol. The first kappa shape index (κ1) is 9.10. The van der Waals surface area contributed by atoms with Gasteiger partial charge in [0.1, 0.15) is 0 Å². The van der Waals surface area contributed by atoms with Crippen LogP contribution in [-0.4, -0.2) is 25.1 Å². The van der Waals surface area contributed by atoms with E-state index in [0.29, 0.717) is 12.2 Å². The summed E-state index contributed by atoms with van der Waals surface area (Å²) in [6.07, 6.45) is 1.53. The highest BCUT2D eigenvalue weighted by Gasteiger charge is 2.02. The van der Waals surface area contributed by atoms with Gasteiger partial charge in [0.25, 0.3) is 10.2 Å². The summed E-state index contributed by atoms with van der Waals surface area (Å²) in [6.45, 7) is 0.165. The molecular weight excluding hydrogens is 184 g/mol. The van der Waals surface area contributed by atoms with Crippen molar-refractivity contribution < 1.29 is 12.9 Å². The first-order valence-electron chi connectivity index (χ1n) is 3.10. The van der Waals surface area contributed by atoms with Crippen molar-refractivity contribution in [1.29, 1.82) is 0 Å². The van der Waals surface area contributed by atoms with Gasteiger partial charge >= 0.3 is 0 Å². The lowest BCUT2D eigenvalue weighted by Crippen LogP contribution is -2.32. The Morgan fingerprint density at radius 1 is 1.67 bits per heavy atom. The Morgan fingerprint density at radius 2 is 2.42 bits per heavy atom. The van der Waals surface area contributed by atoms with Crippen LogP contribution in [0.5, 0.6) is 0 Å². The fourth-order valence-corrected chi connectivity index (χ4v) is 0.994. The highest BCUT2D eigenvalue weighted by Crippen LogP contribution is 1.87. The third kappa shape index (κ3) is 3.42. The molecule has 0 bridgehead atoms. The molecule has 12 heavy (non-hydrogen) atoms. The van der Waals surface area contributed by atoms with E-state index in [1.807, 2.05) is 0 Å². The molecule has 7 nitrogen and oxygen atoms in total. The van der Waals surface area contributed by atoms with Crippen molar-refractivity contribution in [2.24, 2.45) is 5.14 Å². The van der Waals surface area contributed by atoms with E-state index in [9.17, 15) is 8.42 Å². The SMILES string of the molecule is NS(=O)(=O)NCCc1ncon1. The lowest BCUT2D eigenvalue weighted by Gasteiger charge is -1.96. The summed E-state index contributed by atoms with van der Waals surface area (Å²) in [5.41, 5.74) is 0. The van der Waals surface area contributed by atoms with Crippen LogP contribution in [0.2, 0.25) is 0 Å². The standard InChI is InChI=1S/C4H8N4O3S/c5-12(9,10)7-2-1-4-6-3-11-8-4/h3,7H,1-2H2,(H2,5,9,10). The summed E-state index contributed by atoms with van der Waals surface area (Å²) in [4.78, 5) is 3.68. The second-order valence-electron chi connectivity index (χ2n) is 2.04. The van der Waals surface area contributed by atoms with Crippen LogP contribution in [0, 0.1) is 0 Å². The summed E-state index contributed by atoms with van der Waals surface area (Å²) < 4.78 is 27.2. The molecule has 0 radical (unpaired) electrons. The molecule has 1 aromatic heterocycles. The second kappa shape index (κ2) is 3.61. The van der Waals surface area contributed by atoms with Gasteiger partial charge in [-0.3, -0.25) is 0 Å². The first-order valence-corrected chi connectivity index (χ1v) is 4.65. The number of nitrogens with two attached hydrogens (primary N) is 1. The molecule has 0 aromatic carbocycles. The van der Waals surface area contributed by atoms with E-state index in [4.69, 9.17) is 0 Å². The maximum Gasteiger partial charge on any atom is 0.274 e. The van der Waals surface area contributed by atoms with Gasteiger partial charge in [-0.05, 0) is 0 Å². The molecule has 0 fully saturated rings. The minimum Gasteiger partial charge on any atom is -0.343 e. The van der Waals surface area contributed by atoms with Crippen molar-refractivity contribution >= 4 is 10.2 Å². The molecular formula is C4H8N4O3S. The zero-order valence-corrected chi connectivity index (χ0v) is 6.91. The molecule has 0 atom stereocenters. The normalized spacial score (nSPS) is 11.8. The molecule has 0 amide bonds. The summed E-state index contributed by atoms with van der Waals surface area (Å²) in [7, 11) is -3.61. The average Bonchev–Trinajstić information content (AvgIpc) is 2.36. The average molecular weight is 192 g/mol. The molecule has 0 aliphatic carbocycles. The van der Waals surface area contributed by atoms with E-state index in [2.05, 4.69) is 24.5 Å². The Morgan fingerprint density at radius 3 is 2.92 bits per heavy atom. The van der Waals surface area contributed by atoms with E-state index >= 15 is 0 Å². The van der Waals surface area contributed by atoms with Crippen LogP contribution in [0.25, 0.3) is 0 Å². The fraction of sp³-hybridized carbons (Fsp3) is 0.500. The maximum atomic E-state index is 10.4. The van der Waals surface area contributed by atoms with Crippen LogP contribution >= 0.6 is 0 Å². The number of hydrogen-bond acceptors (Lipinski definition) is 5. The first-order chi connectivity index (χ1) is 5.58. The molecule has 1 heterocycles. The van der Waals surface area contributed by atoms with Crippen LogP contribution in [-0.2, 0) is 16.6 Å². The predicted octanol–water partition coefficient (Wildman–Crippen LogP) is -1.59. The number of nitrogens with one attached hydrogen (secondary N) is 1. The van der Waals surface area contributed by atoms with Crippen molar-refractivity contribution in [3.63, 3.8) is 0 Å². The van der Waals surface area contributed by atoms with Crippen molar-refractivity contribution in [1.82, 2.24) is 14.9 Å². The molecule has 68 valence electrons. The lowest BCUT2D eigenvalue weighted by molar-refractivity contribution is 0.410. The van der Waals surface area contributed by atoms with Gasteiger partial charge in [-0.2, -0.15) is 13.4 Å². The summed E-state index contributed by atoms with van der Waals surface area (Å²) >= 11 is 0. The third-order valence-corrected chi connectivity index (χ3v) is 1.67. The molecule has 8 heteroatoms. The van der Waals surface area contributed by atoms with Gasteiger partial charge in [0.05, 0.1) is 0 Å². The Balaban J connectivity index is 2.29. The number of rotatable bonds is 4. The zero-order chi connectivity index (χ0) is 9.03. The Bertz CT molecular complexity index is 318. The van der Waals surface area contributed by atoms with Crippen molar-refractivity contribution in [3.8, 4) is 0 Å². The van der Waals surface area contributed by atoms with Crippen LogP contribution in [0.3, 0.4) is 0 Å². The Hall–Kier alpha value is -0.990. The van der Waals surface area contributed by atoms with Crippen LogP contribution in [0.15, 0.2) is 10.9 Å². The van der Waals surface area contributed by atoms with E-state index in [1.165, 1.54) is 6.39 Å². The highest BCUT2D eigenvalue weighted by molar-refractivity contribution is 7.87. The predicted molar refractivity (Wildman–Crippen MR) is 39.1 cm³/mol. The van der Waals surface area contributed by atoms with E-state index in [0.717, 1.165) is 0 Å². The van der Waals surface area contributed by atoms with Gasteiger partial charge < -0.3 is 4.52 Å². The molecule has 0 saturated carbocycles. The minimum absolute atomic E-state index is 0.165. The third-order valence-electron chi connectivity index (χ3n) is 1.06. The van der Waals surface area contributed by atoms with Gasteiger partial charge in [0.2, 0.25) is 6.39 Å². The number of aromatic nitrogens is 2. The summed E-state index contributed by atoms with van der Waals surface area (Å²) in [5, 5.41) is 8.15. The molecule has 1 aromatic rings. The van der Waals surface area contributed by atoms with E-state index < -0.39 is 10.2 Å². The van der Waals surface area contributed by atoms with Crippen LogP contribution < -0.4 is 9.86 Å². The molecule has 0 unspecified atom stereocenters. The molecule has 0 spiro atoms. The molecule has 0 aliphatic heterocycles. The van der Waals surface area contributed by atoms with Gasteiger partial charge in [0, 0.05) is 13.0 Å². The van der Waals surface area contributed by atoms with Gasteiger partial charge in [-0.15, -0.1) is 0 Å². The molecule has 0 aliphatic rings. The zero-order valence-electron chi connectivity index (χ0n) is 6.10. The van der Waals surface area contributed by atoms with Crippen LogP contribution in [0.1, 0.15) is 5.82 Å². The molecule has 3 N–H and O–H groups in total. The van der Waals surface area contributed by atoms with E-state index in [-0.39, 0.29) is 6.54 Å². The number of hydrogen-bond donors (Lipinski definition) is 2. The summed E-state index contributed by atoms with van der Waals surface area (Å²) in [6, 6.07) is 0. The van der Waals surface area contributed by atoms with E-state index in [1.54, 1.807) is 0 Å². The fourth-order valence-electron chi connectivity index (χ4n) is 0.608. The van der Waals surface area contributed by atoms with Crippen LogP contribution in [0.4, 0.5) is 0 Å². The maximum absolute atomic E-state index is 10.4. The van der Waals surface area contributed by atoms with Crippen molar-refractivity contribution in [3.05, 3.63) is 12.2 Å². The second-order valence-corrected chi connectivity index (χ2v) is 3.42. The molecule has 1 rings (SSSR count). The lowest BCUT2D eigenvalue weighted by atomic mass is 10.4. The van der Waals surface area contributed by atoms with Crippen molar-refractivity contribution in [2.75, 3.05) is 6.54 Å². The van der Waals surface area contributed by atoms with Gasteiger partial charge in [-0.25, -0.2) is 9.86 Å². The topological polar surface area (TPSA) is 111 Å². The summed E-state index contributed by atoms with van der Waals surface area (Å²) in [5.74, 6) is 0.436. The highest BCUT2D eigenvalue weighted by atomic mass is 32.2.